The zero-order valence-electron chi connectivity index (χ0n) is 9.23. The average Bonchev–Trinajstić information content (AvgIpc) is 2.61. The van der Waals surface area contributed by atoms with Gasteiger partial charge < -0.3 is 15.4 Å². The van der Waals surface area contributed by atoms with E-state index >= 15 is 0 Å². The molecule has 1 aliphatic rings. The van der Waals surface area contributed by atoms with Crippen LogP contribution in [0.2, 0.25) is 0 Å². The van der Waals surface area contributed by atoms with Gasteiger partial charge in [-0.25, -0.2) is 0 Å². The van der Waals surface area contributed by atoms with Crippen LogP contribution in [0.25, 0.3) is 0 Å². The number of nitrogens with two attached hydrogens (primary N) is 1. The van der Waals surface area contributed by atoms with Crippen LogP contribution in [-0.4, -0.2) is 42.5 Å². The summed E-state index contributed by atoms with van der Waals surface area (Å²) < 4.78 is 5.15. The Balaban J connectivity index is 2.68. The van der Waals surface area contributed by atoms with Crippen molar-refractivity contribution in [3.63, 3.8) is 0 Å². The lowest BCUT2D eigenvalue weighted by Gasteiger charge is -2.21. The summed E-state index contributed by atoms with van der Waals surface area (Å²) in [5.74, 6) is -0.458. The Kier molecular flexibility index (Phi) is 4.08. The molecule has 5 nitrogen and oxygen atoms in total. The predicted octanol–water partition coefficient (Wildman–Crippen LogP) is -0.112. The van der Waals surface area contributed by atoms with Crippen molar-refractivity contribution in [2.75, 3.05) is 13.7 Å². The maximum atomic E-state index is 11.7. The zero-order chi connectivity index (χ0) is 11.4. The molecule has 0 radical (unpaired) electrons. The second kappa shape index (κ2) is 5.11. The number of ether oxygens (including phenoxy) is 1. The van der Waals surface area contributed by atoms with Crippen molar-refractivity contribution in [1.29, 1.82) is 0 Å². The van der Waals surface area contributed by atoms with Gasteiger partial charge in [0, 0.05) is 26.5 Å². The molecule has 0 aromatic rings. The molecule has 1 heterocycles. The van der Waals surface area contributed by atoms with Crippen molar-refractivity contribution in [2.24, 2.45) is 5.73 Å². The van der Waals surface area contributed by atoms with E-state index in [2.05, 4.69) is 0 Å². The highest BCUT2D eigenvalue weighted by Gasteiger charge is 2.37. The summed E-state index contributed by atoms with van der Waals surface area (Å²) >= 11 is 0. The lowest BCUT2D eigenvalue weighted by Crippen LogP contribution is -2.43. The van der Waals surface area contributed by atoms with Gasteiger partial charge in [0.15, 0.2) is 0 Å². The Morgan fingerprint density at radius 3 is 2.67 bits per heavy atom. The number of methoxy groups -OCH3 is 1. The molecule has 0 bridgehead atoms. The quantitative estimate of drug-likeness (QED) is 0.709. The summed E-state index contributed by atoms with van der Waals surface area (Å²) in [6.07, 6.45) is 1.68. The van der Waals surface area contributed by atoms with E-state index < -0.39 is 11.9 Å². The van der Waals surface area contributed by atoms with E-state index in [4.69, 9.17) is 10.5 Å². The Morgan fingerprint density at radius 1 is 1.53 bits per heavy atom. The highest BCUT2D eigenvalue weighted by Crippen LogP contribution is 2.20. The Bertz CT molecular complexity index is 255. The largest absolute Gasteiger partial charge is 0.380 e. The lowest BCUT2D eigenvalue weighted by atomic mass is 10.2. The second-order valence-corrected chi connectivity index (χ2v) is 3.81. The van der Waals surface area contributed by atoms with Crippen LogP contribution in [0.5, 0.6) is 0 Å². The molecule has 1 aliphatic heterocycles. The molecule has 0 unspecified atom stereocenters. The van der Waals surface area contributed by atoms with Gasteiger partial charge in [0.2, 0.25) is 11.8 Å². The highest BCUT2D eigenvalue weighted by atomic mass is 16.5. The molecule has 0 aliphatic carbocycles. The first kappa shape index (κ1) is 12.0. The minimum atomic E-state index is -0.492. The van der Waals surface area contributed by atoms with Gasteiger partial charge in [-0.05, 0) is 6.42 Å². The topological polar surface area (TPSA) is 72.6 Å². The fourth-order valence-corrected chi connectivity index (χ4v) is 1.87. The van der Waals surface area contributed by atoms with E-state index in [1.165, 1.54) is 0 Å². The highest BCUT2D eigenvalue weighted by molar-refractivity contribution is 5.87. The molecular formula is C10H18N2O3. The second-order valence-electron chi connectivity index (χ2n) is 3.81. The van der Waals surface area contributed by atoms with Crippen LogP contribution in [0.3, 0.4) is 0 Å². The van der Waals surface area contributed by atoms with Crippen LogP contribution in [0.4, 0.5) is 0 Å². The van der Waals surface area contributed by atoms with Gasteiger partial charge in [0.1, 0.15) is 6.04 Å². The predicted molar refractivity (Wildman–Crippen MR) is 55.0 cm³/mol. The molecule has 15 heavy (non-hydrogen) atoms. The van der Waals surface area contributed by atoms with Crippen molar-refractivity contribution in [1.82, 2.24) is 4.90 Å². The third kappa shape index (κ3) is 2.68. The number of carbonyl (C=O) groups is 2. The van der Waals surface area contributed by atoms with E-state index in [9.17, 15) is 9.59 Å². The summed E-state index contributed by atoms with van der Waals surface area (Å²) in [5, 5.41) is 0. The minimum absolute atomic E-state index is 0.0131. The van der Waals surface area contributed by atoms with Crippen molar-refractivity contribution in [2.45, 2.75) is 38.3 Å². The van der Waals surface area contributed by atoms with Gasteiger partial charge in [-0.3, -0.25) is 9.59 Å². The number of hydrogen-bond donors (Lipinski definition) is 1. The Labute approximate surface area is 89.6 Å². The van der Waals surface area contributed by atoms with Gasteiger partial charge in [-0.2, -0.15) is 0 Å². The monoisotopic (exact) mass is 214 g/mol. The molecule has 86 valence electrons. The van der Waals surface area contributed by atoms with Crippen LogP contribution in [0.15, 0.2) is 0 Å². The van der Waals surface area contributed by atoms with Crippen molar-refractivity contribution < 1.29 is 14.3 Å². The molecule has 1 rings (SSSR count). The van der Waals surface area contributed by atoms with E-state index in [0.29, 0.717) is 19.4 Å². The van der Waals surface area contributed by atoms with Gasteiger partial charge in [0.25, 0.3) is 0 Å². The van der Waals surface area contributed by atoms with Crippen LogP contribution < -0.4 is 5.73 Å². The number of rotatable bonds is 4. The Hall–Kier alpha value is -1.10. The van der Waals surface area contributed by atoms with E-state index in [0.717, 1.165) is 6.42 Å². The van der Waals surface area contributed by atoms with Crippen molar-refractivity contribution in [3.05, 3.63) is 0 Å². The SMILES string of the molecule is CCCC(=O)N1C[C@@H](OC)C[C@H]1C(N)=O. The number of primary amides is 1. The number of hydrogen-bond acceptors (Lipinski definition) is 3. The maximum absolute atomic E-state index is 11.7. The summed E-state index contributed by atoms with van der Waals surface area (Å²) in [4.78, 5) is 24.4. The molecule has 1 saturated heterocycles. The molecule has 2 atom stereocenters. The summed E-state index contributed by atoms with van der Waals surface area (Å²) in [7, 11) is 1.58. The molecule has 2 amide bonds. The smallest absolute Gasteiger partial charge is 0.240 e. The number of likely N-dealkylation sites (tertiary alicyclic amines) is 1. The molecule has 2 N–H and O–H groups in total. The molecule has 1 fully saturated rings. The van der Waals surface area contributed by atoms with Crippen LogP contribution in [0, 0.1) is 0 Å². The first-order valence-corrected chi connectivity index (χ1v) is 5.21. The zero-order valence-corrected chi connectivity index (χ0v) is 9.23. The molecule has 0 spiro atoms. The number of amides is 2. The maximum Gasteiger partial charge on any atom is 0.240 e. The fourth-order valence-electron chi connectivity index (χ4n) is 1.87. The van der Waals surface area contributed by atoms with Gasteiger partial charge in [-0.1, -0.05) is 6.92 Å². The van der Waals surface area contributed by atoms with Gasteiger partial charge >= 0.3 is 0 Å². The average molecular weight is 214 g/mol. The van der Waals surface area contributed by atoms with Crippen LogP contribution in [-0.2, 0) is 14.3 Å². The molecule has 0 saturated carbocycles. The summed E-state index contributed by atoms with van der Waals surface area (Å²) in [5.41, 5.74) is 5.25. The van der Waals surface area contributed by atoms with Crippen molar-refractivity contribution in [3.8, 4) is 0 Å². The first-order chi connectivity index (χ1) is 7.10. The number of nitrogens with zero attached hydrogens (tertiary/aromatic N) is 1. The normalized spacial score (nSPS) is 25.6. The standard InChI is InChI=1S/C10H18N2O3/c1-3-4-9(13)12-6-7(15-2)5-8(12)10(11)14/h7-8H,3-6H2,1-2H3,(H2,11,14)/t7-,8-/m0/s1. The summed E-state index contributed by atoms with van der Waals surface area (Å²) in [6.45, 7) is 2.41. The Morgan fingerprint density at radius 2 is 2.20 bits per heavy atom. The van der Waals surface area contributed by atoms with Crippen LogP contribution in [0.1, 0.15) is 26.2 Å². The molecule has 0 aromatic carbocycles. The molecule has 5 heteroatoms. The minimum Gasteiger partial charge on any atom is -0.380 e. The lowest BCUT2D eigenvalue weighted by molar-refractivity contribution is -0.137. The third-order valence-corrected chi connectivity index (χ3v) is 2.71. The number of carbonyl (C=O) groups excluding carboxylic acids is 2. The van der Waals surface area contributed by atoms with Gasteiger partial charge in [-0.15, -0.1) is 0 Å². The third-order valence-electron chi connectivity index (χ3n) is 2.71. The fraction of sp³-hybridized carbons (Fsp3) is 0.800. The van der Waals surface area contributed by atoms with Gasteiger partial charge in [0.05, 0.1) is 6.10 Å². The van der Waals surface area contributed by atoms with E-state index in [1.54, 1.807) is 12.0 Å². The van der Waals surface area contributed by atoms with E-state index in [-0.39, 0.29) is 12.0 Å². The molecule has 0 aromatic heterocycles. The first-order valence-electron chi connectivity index (χ1n) is 5.21. The summed E-state index contributed by atoms with van der Waals surface area (Å²) in [6, 6.07) is -0.492. The van der Waals surface area contributed by atoms with Crippen molar-refractivity contribution >= 4 is 11.8 Å². The van der Waals surface area contributed by atoms with E-state index in [1.807, 2.05) is 6.92 Å². The van der Waals surface area contributed by atoms with Crippen LogP contribution >= 0.6 is 0 Å². The molecular weight excluding hydrogens is 196 g/mol.